The molecular formula is C16H21N3O2S. The number of carbonyl (C=O) groups is 1. The second kappa shape index (κ2) is 6.62. The van der Waals surface area contributed by atoms with Crippen LogP contribution in [0.25, 0.3) is 0 Å². The number of amides is 1. The normalized spacial score (nSPS) is 16.7. The minimum atomic E-state index is 0.0811. The van der Waals surface area contributed by atoms with Gasteiger partial charge in [-0.15, -0.1) is 11.3 Å². The lowest BCUT2D eigenvalue weighted by atomic mass is 10.2. The number of rotatable bonds is 3. The van der Waals surface area contributed by atoms with E-state index < -0.39 is 0 Å². The van der Waals surface area contributed by atoms with Crippen molar-refractivity contribution < 1.29 is 9.21 Å². The molecule has 3 heterocycles. The van der Waals surface area contributed by atoms with Gasteiger partial charge in [-0.3, -0.25) is 9.69 Å². The molecule has 2 aromatic heterocycles. The van der Waals surface area contributed by atoms with Crippen LogP contribution in [0.15, 0.2) is 22.1 Å². The molecule has 0 aromatic carbocycles. The minimum absolute atomic E-state index is 0.0811. The maximum absolute atomic E-state index is 12.5. The monoisotopic (exact) mass is 319 g/mol. The molecule has 118 valence electrons. The number of carbonyl (C=O) groups excluding carboxylic acids is 1. The Morgan fingerprint density at radius 1 is 1.32 bits per heavy atom. The van der Waals surface area contributed by atoms with Gasteiger partial charge < -0.3 is 9.32 Å². The molecule has 0 bridgehead atoms. The van der Waals surface area contributed by atoms with Crippen LogP contribution in [0, 0.1) is 13.8 Å². The lowest BCUT2D eigenvalue weighted by Gasteiger charge is -2.21. The molecule has 1 saturated heterocycles. The van der Waals surface area contributed by atoms with Crippen LogP contribution in [0.5, 0.6) is 0 Å². The molecule has 3 rings (SSSR count). The molecule has 0 aliphatic carbocycles. The zero-order valence-electron chi connectivity index (χ0n) is 13.0. The highest BCUT2D eigenvalue weighted by Gasteiger charge is 2.22. The predicted octanol–water partition coefficient (Wildman–Crippen LogP) is 2.70. The molecule has 0 spiro atoms. The van der Waals surface area contributed by atoms with E-state index >= 15 is 0 Å². The van der Waals surface area contributed by atoms with Crippen LogP contribution < -0.4 is 0 Å². The Balaban J connectivity index is 1.60. The van der Waals surface area contributed by atoms with Crippen LogP contribution in [0.1, 0.15) is 33.2 Å². The second-order valence-electron chi connectivity index (χ2n) is 5.67. The first-order chi connectivity index (χ1) is 10.6. The Morgan fingerprint density at radius 2 is 2.18 bits per heavy atom. The van der Waals surface area contributed by atoms with Gasteiger partial charge >= 0.3 is 0 Å². The van der Waals surface area contributed by atoms with Gasteiger partial charge in [-0.1, -0.05) is 0 Å². The number of hydrogen-bond acceptors (Lipinski definition) is 5. The number of furan rings is 1. The van der Waals surface area contributed by atoms with Gasteiger partial charge in [-0.05, 0) is 26.3 Å². The molecule has 0 saturated carbocycles. The van der Waals surface area contributed by atoms with Crippen molar-refractivity contribution >= 4 is 17.2 Å². The summed E-state index contributed by atoms with van der Waals surface area (Å²) in [6.45, 7) is 8.19. The SMILES string of the molecule is Cc1nc(CN2CCCN(C(=O)c3ccoc3C)CC2)cs1. The van der Waals surface area contributed by atoms with Crippen LogP contribution in [0.3, 0.4) is 0 Å². The van der Waals surface area contributed by atoms with E-state index in [0.29, 0.717) is 11.3 Å². The highest BCUT2D eigenvalue weighted by atomic mass is 32.1. The predicted molar refractivity (Wildman–Crippen MR) is 86.1 cm³/mol. The molecule has 2 aromatic rings. The molecule has 0 radical (unpaired) electrons. The standard InChI is InChI=1S/C16H21N3O2S/c1-12-15(4-9-21-12)16(20)19-6-3-5-18(7-8-19)10-14-11-22-13(2)17-14/h4,9,11H,3,5-8,10H2,1-2H3. The Hall–Kier alpha value is -1.66. The zero-order chi connectivity index (χ0) is 15.5. The highest BCUT2D eigenvalue weighted by molar-refractivity contribution is 7.09. The van der Waals surface area contributed by atoms with E-state index in [1.807, 2.05) is 18.7 Å². The van der Waals surface area contributed by atoms with Crippen molar-refractivity contribution in [1.82, 2.24) is 14.8 Å². The van der Waals surface area contributed by atoms with Crippen molar-refractivity contribution in [3.63, 3.8) is 0 Å². The van der Waals surface area contributed by atoms with E-state index in [9.17, 15) is 4.79 Å². The van der Waals surface area contributed by atoms with Gasteiger partial charge in [-0.25, -0.2) is 4.98 Å². The summed E-state index contributed by atoms with van der Waals surface area (Å²) in [5.74, 6) is 0.779. The number of hydrogen-bond donors (Lipinski definition) is 0. The summed E-state index contributed by atoms with van der Waals surface area (Å²) in [7, 11) is 0. The van der Waals surface area contributed by atoms with Crippen molar-refractivity contribution in [1.29, 1.82) is 0 Å². The minimum Gasteiger partial charge on any atom is -0.469 e. The molecule has 1 fully saturated rings. The fourth-order valence-electron chi connectivity index (χ4n) is 2.82. The molecular weight excluding hydrogens is 298 g/mol. The fourth-order valence-corrected chi connectivity index (χ4v) is 3.42. The fraction of sp³-hybridized carbons (Fsp3) is 0.500. The molecule has 0 N–H and O–H groups in total. The van der Waals surface area contributed by atoms with E-state index in [-0.39, 0.29) is 5.91 Å². The molecule has 0 unspecified atom stereocenters. The van der Waals surface area contributed by atoms with E-state index in [1.165, 1.54) is 0 Å². The van der Waals surface area contributed by atoms with Crippen molar-refractivity contribution in [2.75, 3.05) is 26.2 Å². The molecule has 1 amide bonds. The maximum Gasteiger partial charge on any atom is 0.257 e. The first-order valence-corrected chi connectivity index (χ1v) is 8.48. The van der Waals surface area contributed by atoms with Crippen molar-refractivity contribution in [2.45, 2.75) is 26.8 Å². The molecule has 22 heavy (non-hydrogen) atoms. The van der Waals surface area contributed by atoms with E-state index in [0.717, 1.165) is 49.8 Å². The molecule has 0 atom stereocenters. The number of aryl methyl sites for hydroxylation is 2. The number of thiazole rings is 1. The van der Waals surface area contributed by atoms with Crippen LogP contribution in [0.4, 0.5) is 0 Å². The summed E-state index contributed by atoms with van der Waals surface area (Å²) < 4.78 is 5.25. The Kier molecular flexibility index (Phi) is 4.59. The van der Waals surface area contributed by atoms with Gasteiger partial charge in [-0.2, -0.15) is 0 Å². The number of aromatic nitrogens is 1. The molecule has 5 nitrogen and oxygen atoms in total. The van der Waals surface area contributed by atoms with Gasteiger partial charge in [0.1, 0.15) is 5.76 Å². The maximum atomic E-state index is 12.5. The van der Waals surface area contributed by atoms with Crippen molar-refractivity contribution in [2.24, 2.45) is 0 Å². The van der Waals surface area contributed by atoms with Crippen molar-refractivity contribution in [3.05, 3.63) is 39.7 Å². The third-order valence-corrected chi connectivity index (χ3v) is 4.84. The molecule has 6 heteroatoms. The van der Waals surface area contributed by atoms with Crippen molar-refractivity contribution in [3.8, 4) is 0 Å². The summed E-state index contributed by atoms with van der Waals surface area (Å²) in [4.78, 5) is 21.4. The van der Waals surface area contributed by atoms with Crippen LogP contribution >= 0.6 is 11.3 Å². The summed E-state index contributed by atoms with van der Waals surface area (Å²) in [5, 5.41) is 3.23. The van der Waals surface area contributed by atoms with Gasteiger partial charge in [0, 0.05) is 38.1 Å². The lowest BCUT2D eigenvalue weighted by Crippen LogP contribution is -2.35. The largest absolute Gasteiger partial charge is 0.469 e. The Labute approximate surface area is 134 Å². The van der Waals surface area contributed by atoms with E-state index in [1.54, 1.807) is 23.7 Å². The number of nitrogens with zero attached hydrogens (tertiary/aromatic N) is 3. The van der Waals surface area contributed by atoms with Gasteiger partial charge in [0.2, 0.25) is 0 Å². The Bertz CT molecular complexity index is 649. The highest BCUT2D eigenvalue weighted by Crippen LogP contribution is 2.16. The quantitative estimate of drug-likeness (QED) is 0.873. The summed E-state index contributed by atoms with van der Waals surface area (Å²) in [6, 6.07) is 1.76. The summed E-state index contributed by atoms with van der Waals surface area (Å²) in [6.07, 6.45) is 2.57. The molecule has 1 aliphatic rings. The van der Waals surface area contributed by atoms with Crippen LogP contribution in [-0.2, 0) is 6.54 Å². The average molecular weight is 319 g/mol. The third-order valence-electron chi connectivity index (χ3n) is 4.02. The van der Waals surface area contributed by atoms with E-state index in [4.69, 9.17) is 4.42 Å². The lowest BCUT2D eigenvalue weighted by molar-refractivity contribution is 0.0759. The van der Waals surface area contributed by atoms with Gasteiger partial charge in [0.15, 0.2) is 0 Å². The Morgan fingerprint density at radius 3 is 2.86 bits per heavy atom. The van der Waals surface area contributed by atoms with Gasteiger partial charge in [0.25, 0.3) is 5.91 Å². The van der Waals surface area contributed by atoms with Gasteiger partial charge in [0.05, 0.1) is 22.5 Å². The smallest absolute Gasteiger partial charge is 0.257 e. The topological polar surface area (TPSA) is 49.6 Å². The zero-order valence-corrected chi connectivity index (χ0v) is 13.9. The summed E-state index contributed by atoms with van der Waals surface area (Å²) in [5.41, 5.74) is 1.82. The second-order valence-corrected chi connectivity index (χ2v) is 6.73. The summed E-state index contributed by atoms with van der Waals surface area (Å²) >= 11 is 1.69. The van der Waals surface area contributed by atoms with Crippen LogP contribution in [0.2, 0.25) is 0 Å². The van der Waals surface area contributed by atoms with E-state index in [2.05, 4.69) is 15.3 Å². The average Bonchev–Trinajstić information content (AvgIpc) is 3.02. The first-order valence-electron chi connectivity index (χ1n) is 7.60. The molecule has 1 aliphatic heterocycles. The third kappa shape index (κ3) is 3.39. The first kappa shape index (κ1) is 15.2. The van der Waals surface area contributed by atoms with Crippen LogP contribution in [-0.4, -0.2) is 46.9 Å².